The maximum atomic E-state index is 12.6. The summed E-state index contributed by atoms with van der Waals surface area (Å²) in [5, 5.41) is 24.1. The molecule has 1 atom stereocenters. The Morgan fingerprint density at radius 2 is 2.12 bits per heavy atom. The number of nitro benzene ring substituents is 1. The highest BCUT2D eigenvalue weighted by Crippen LogP contribution is 2.19. The van der Waals surface area contributed by atoms with Crippen LogP contribution in [0.5, 0.6) is 0 Å². The number of benzene rings is 1. The van der Waals surface area contributed by atoms with E-state index in [2.05, 4.69) is 5.10 Å². The number of hydrogen-bond acceptors (Lipinski definition) is 5. The number of nitro groups is 1. The van der Waals surface area contributed by atoms with Crippen LogP contribution in [0.15, 0.2) is 36.7 Å². The zero-order valence-corrected chi connectivity index (χ0v) is 13.0. The molecule has 8 nitrogen and oxygen atoms in total. The molecule has 1 saturated heterocycles. The van der Waals surface area contributed by atoms with Crippen molar-refractivity contribution >= 4 is 11.6 Å². The fourth-order valence-corrected chi connectivity index (χ4v) is 2.88. The molecule has 1 aliphatic heterocycles. The Labute approximate surface area is 138 Å². The number of amides is 1. The number of likely N-dealkylation sites (tertiary alicyclic amines) is 1. The molecule has 8 heteroatoms. The van der Waals surface area contributed by atoms with Crippen molar-refractivity contribution in [2.75, 3.05) is 19.7 Å². The van der Waals surface area contributed by atoms with Crippen LogP contribution in [-0.4, -0.2) is 50.3 Å². The third-order valence-corrected chi connectivity index (χ3v) is 4.22. The fourth-order valence-electron chi connectivity index (χ4n) is 2.88. The van der Waals surface area contributed by atoms with Crippen LogP contribution in [-0.2, 0) is 0 Å². The molecule has 0 aliphatic carbocycles. The van der Waals surface area contributed by atoms with Crippen LogP contribution in [0.3, 0.4) is 0 Å². The van der Waals surface area contributed by atoms with Crippen molar-refractivity contribution < 1.29 is 14.8 Å². The summed E-state index contributed by atoms with van der Waals surface area (Å²) in [7, 11) is 0. The van der Waals surface area contributed by atoms with Crippen molar-refractivity contribution in [2.45, 2.75) is 12.8 Å². The van der Waals surface area contributed by atoms with Gasteiger partial charge in [-0.25, -0.2) is 4.68 Å². The number of nitrogens with zero attached hydrogens (tertiary/aromatic N) is 4. The molecule has 1 fully saturated rings. The smallest absolute Gasteiger partial charge is 0.269 e. The highest BCUT2D eigenvalue weighted by Gasteiger charge is 2.24. The van der Waals surface area contributed by atoms with Crippen molar-refractivity contribution in [3.05, 3.63) is 52.3 Å². The first-order valence-electron chi connectivity index (χ1n) is 7.78. The number of piperidine rings is 1. The van der Waals surface area contributed by atoms with Gasteiger partial charge in [0.25, 0.3) is 11.6 Å². The molecule has 1 unspecified atom stereocenters. The molecule has 0 bridgehead atoms. The van der Waals surface area contributed by atoms with E-state index in [9.17, 15) is 20.0 Å². The number of aliphatic hydroxyl groups excluding tert-OH is 1. The van der Waals surface area contributed by atoms with Gasteiger partial charge in [0.2, 0.25) is 0 Å². The summed E-state index contributed by atoms with van der Waals surface area (Å²) in [4.78, 5) is 24.5. The topological polar surface area (TPSA) is 102 Å². The lowest BCUT2D eigenvalue weighted by Crippen LogP contribution is -2.40. The monoisotopic (exact) mass is 330 g/mol. The molecule has 3 rings (SSSR count). The summed E-state index contributed by atoms with van der Waals surface area (Å²) >= 11 is 0. The molecule has 1 N–H and O–H groups in total. The zero-order valence-electron chi connectivity index (χ0n) is 13.0. The Morgan fingerprint density at radius 3 is 2.79 bits per heavy atom. The lowest BCUT2D eigenvalue weighted by molar-refractivity contribution is -0.384. The highest BCUT2D eigenvalue weighted by atomic mass is 16.6. The number of carbonyl (C=O) groups is 1. The summed E-state index contributed by atoms with van der Waals surface area (Å²) in [6.45, 7) is 1.32. The number of aliphatic hydroxyl groups is 1. The first-order chi connectivity index (χ1) is 11.6. The SMILES string of the molecule is O=C(c1cnn(-c2ccc([N+](=O)[O-])cc2)c1)N1CCCC(CO)C1. The van der Waals surface area contributed by atoms with Gasteiger partial charge < -0.3 is 10.0 Å². The second kappa shape index (κ2) is 6.79. The van der Waals surface area contributed by atoms with Crippen molar-refractivity contribution in [1.82, 2.24) is 14.7 Å². The maximum absolute atomic E-state index is 12.6. The quantitative estimate of drug-likeness (QED) is 0.678. The van der Waals surface area contributed by atoms with Crippen molar-refractivity contribution in [2.24, 2.45) is 5.92 Å². The van der Waals surface area contributed by atoms with Gasteiger partial charge in [-0.2, -0.15) is 5.10 Å². The van der Waals surface area contributed by atoms with Crippen LogP contribution in [0.25, 0.3) is 5.69 Å². The minimum absolute atomic E-state index is 0.00516. The third-order valence-electron chi connectivity index (χ3n) is 4.22. The van der Waals surface area contributed by atoms with Gasteiger partial charge in [0.15, 0.2) is 0 Å². The van der Waals surface area contributed by atoms with E-state index < -0.39 is 4.92 Å². The number of rotatable bonds is 4. The van der Waals surface area contributed by atoms with Crippen LogP contribution in [0.1, 0.15) is 23.2 Å². The second-order valence-electron chi connectivity index (χ2n) is 5.89. The zero-order chi connectivity index (χ0) is 17.1. The first-order valence-corrected chi connectivity index (χ1v) is 7.78. The molecule has 1 amide bonds. The van der Waals surface area contributed by atoms with Gasteiger partial charge in [-0.1, -0.05) is 0 Å². The molecule has 126 valence electrons. The summed E-state index contributed by atoms with van der Waals surface area (Å²) < 4.78 is 1.52. The van der Waals surface area contributed by atoms with Gasteiger partial charge in [-0.05, 0) is 30.9 Å². The molecule has 24 heavy (non-hydrogen) atoms. The van der Waals surface area contributed by atoms with E-state index in [1.807, 2.05) is 0 Å². The molecule has 0 spiro atoms. The number of aromatic nitrogens is 2. The fraction of sp³-hybridized carbons (Fsp3) is 0.375. The van der Waals surface area contributed by atoms with E-state index in [1.165, 1.54) is 23.0 Å². The summed E-state index contributed by atoms with van der Waals surface area (Å²) in [6, 6.07) is 5.97. The summed E-state index contributed by atoms with van der Waals surface area (Å²) in [6.07, 6.45) is 4.92. The normalized spacial score (nSPS) is 17.7. The molecule has 0 radical (unpaired) electrons. The molecule has 1 aliphatic rings. The average molecular weight is 330 g/mol. The van der Waals surface area contributed by atoms with E-state index in [0.29, 0.717) is 24.3 Å². The van der Waals surface area contributed by atoms with E-state index in [4.69, 9.17) is 0 Å². The Hall–Kier alpha value is -2.74. The van der Waals surface area contributed by atoms with Gasteiger partial charge in [-0.15, -0.1) is 0 Å². The standard InChI is InChI=1S/C16H18N4O4/c21-11-12-2-1-7-18(9-12)16(22)13-8-17-19(10-13)14-3-5-15(6-4-14)20(23)24/h3-6,8,10,12,21H,1-2,7,9,11H2. The Morgan fingerprint density at radius 1 is 1.38 bits per heavy atom. The van der Waals surface area contributed by atoms with E-state index in [0.717, 1.165) is 12.8 Å². The second-order valence-corrected chi connectivity index (χ2v) is 5.89. The molecule has 1 aromatic carbocycles. The maximum Gasteiger partial charge on any atom is 0.269 e. The molecular weight excluding hydrogens is 312 g/mol. The molecule has 1 aromatic heterocycles. The Balaban J connectivity index is 1.75. The lowest BCUT2D eigenvalue weighted by atomic mass is 9.98. The number of non-ortho nitro benzene ring substituents is 1. The van der Waals surface area contributed by atoms with Crippen LogP contribution < -0.4 is 0 Å². The van der Waals surface area contributed by atoms with Gasteiger partial charge in [0, 0.05) is 38.0 Å². The lowest BCUT2D eigenvalue weighted by Gasteiger charge is -2.31. The predicted molar refractivity (Wildman–Crippen MR) is 85.9 cm³/mol. The van der Waals surface area contributed by atoms with Gasteiger partial charge >= 0.3 is 0 Å². The highest BCUT2D eigenvalue weighted by molar-refractivity contribution is 5.93. The average Bonchev–Trinajstić information content (AvgIpc) is 3.11. The van der Waals surface area contributed by atoms with E-state index in [-0.39, 0.29) is 24.1 Å². The van der Waals surface area contributed by atoms with E-state index in [1.54, 1.807) is 23.2 Å². The van der Waals surface area contributed by atoms with Gasteiger partial charge in [0.1, 0.15) is 0 Å². The largest absolute Gasteiger partial charge is 0.396 e. The minimum Gasteiger partial charge on any atom is -0.396 e. The predicted octanol–water partition coefficient (Wildman–Crippen LogP) is 1.62. The molecule has 0 saturated carbocycles. The minimum atomic E-state index is -0.463. The Kier molecular flexibility index (Phi) is 4.57. The third kappa shape index (κ3) is 3.28. The van der Waals surface area contributed by atoms with Crippen molar-refractivity contribution in [1.29, 1.82) is 0 Å². The van der Waals surface area contributed by atoms with Crippen molar-refractivity contribution in [3.8, 4) is 5.69 Å². The molecule has 2 aromatic rings. The van der Waals surface area contributed by atoms with Gasteiger partial charge in [0.05, 0.1) is 22.4 Å². The molecule has 2 heterocycles. The van der Waals surface area contributed by atoms with Gasteiger partial charge in [-0.3, -0.25) is 14.9 Å². The Bertz CT molecular complexity index is 741. The number of hydrogen-bond donors (Lipinski definition) is 1. The van der Waals surface area contributed by atoms with Crippen LogP contribution >= 0.6 is 0 Å². The summed E-state index contributed by atoms with van der Waals surface area (Å²) in [5.41, 5.74) is 1.11. The summed E-state index contributed by atoms with van der Waals surface area (Å²) in [5.74, 6) is 0.0220. The van der Waals surface area contributed by atoms with E-state index >= 15 is 0 Å². The van der Waals surface area contributed by atoms with Crippen LogP contribution in [0, 0.1) is 16.0 Å². The van der Waals surface area contributed by atoms with Crippen molar-refractivity contribution in [3.63, 3.8) is 0 Å². The first kappa shape index (κ1) is 16.1. The number of carbonyl (C=O) groups excluding carboxylic acids is 1. The molecular formula is C16H18N4O4. The van der Waals surface area contributed by atoms with Crippen LogP contribution in [0.2, 0.25) is 0 Å². The van der Waals surface area contributed by atoms with Crippen LogP contribution in [0.4, 0.5) is 5.69 Å².